The number of aliphatic hydroxyl groups is 1. The molecule has 2 heterocycles. The number of aromatic nitrogens is 1. The standard InChI is InChI=1S/C46H60N6O6S/c1-51(30-34-13-6-3-7-14-34)44(55)27-37(26-36-17-10-16-35-15-8-9-18-39(35)36)45(56)50-41(28-38-31-59-32-48-38)46(57)49-40(25-33-11-4-2-5-12-33)42(53)29-43(54)47-19-20-52-21-23-58-24-22-52/h3,6-10,13-18,31-33,37,40-42,53H,2,4-5,11-12,19-30H2,1H3,(H,47,54)(H,49,57)(H,50,56)/t37-,40+,41+,42+/m1/s1. The Labute approximate surface area is 352 Å². The van der Waals surface area contributed by atoms with Gasteiger partial charge in [0, 0.05) is 58.0 Å². The fraction of sp³-hybridized carbons (Fsp3) is 0.500. The molecule has 4 atom stereocenters. The minimum atomic E-state index is -1.13. The summed E-state index contributed by atoms with van der Waals surface area (Å²) in [6, 6.07) is 21.9. The van der Waals surface area contributed by atoms with Gasteiger partial charge in [0.1, 0.15) is 6.04 Å². The van der Waals surface area contributed by atoms with Gasteiger partial charge >= 0.3 is 0 Å². The van der Waals surface area contributed by atoms with Gasteiger partial charge in [0.05, 0.1) is 48.9 Å². The molecule has 316 valence electrons. The monoisotopic (exact) mass is 824 g/mol. The van der Waals surface area contributed by atoms with E-state index >= 15 is 0 Å². The van der Waals surface area contributed by atoms with Crippen LogP contribution in [0.3, 0.4) is 0 Å². The summed E-state index contributed by atoms with van der Waals surface area (Å²) >= 11 is 1.40. The molecule has 1 saturated heterocycles. The molecule has 4 N–H and O–H groups in total. The number of ether oxygens (including phenoxy) is 1. The highest BCUT2D eigenvalue weighted by Crippen LogP contribution is 2.29. The van der Waals surface area contributed by atoms with Crippen LogP contribution in [-0.2, 0) is 43.3 Å². The van der Waals surface area contributed by atoms with Crippen LogP contribution in [0.15, 0.2) is 83.7 Å². The van der Waals surface area contributed by atoms with Gasteiger partial charge in [-0.05, 0) is 40.7 Å². The highest BCUT2D eigenvalue weighted by Gasteiger charge is 2.33. The predicted molar refractivity (Wildman–Crippen MR) is 230 cm³/mol. The van der Waals surface area contributed by atoms with Crippen molar-refractivity contribution in [3.63, 3.8) is 0 Å². The molecule has 0 unspecified atom stereocenters. The van der Waals surface area contributed by atoms with Crippen molar-refractivity contribution in [1.29, 1.82) is 0 Å². The van der Waals surface area contributed by atoms with Crippen LogP contribution < -0.4 is 16.0 Å². The molecule has 0 spiro atoms. The zero-order chi connectivity index (χ0) is 41.4. The first-order chi connectivity index (χ1) is 28.7. The van der Waals surface area contributed by atoms with Crippen LogP contribution >= 0.6 is 11.3 Å². The van der Waals surface area contributed by atoms with Crippen molar-refractivity contribution in [3.05, 3.63) is 101 Å². The summed E-state index contributed by atoms with van der Waals surface area (Å²) in [5, 5.41) is 24.5. The zero-order valence-electron chi connectivity index (χ0n) is 34.2. The number of aliphatic hydroxyl groups excluding tert-OH is 1. The second-order valence-corrected chi connectivity index (χ2v) is 16.9. The summed E-state index contributed by atoms with van der Waals surface area (Å²) in [6.07, 6.45) is 4.90. The van der Waals surface area contributed by atoms with E-state index < -0.39 is 35.9 Å². The van der Waals surface area contributed by atoms with Crippen molar-refractivity contribution in [1.82, 2.24) is 30.7 Å². The van der Waals surface area contributed by atoms with E-state index in [0.29, 0.717) is 50.9 Å². The number of hydrogen-bond donors (Lipinski definition) is 4. The minimum absolute atomic E-state index is 0.0624. The Morgan fingerprint density at radius 2 is 1.64 bits per heavy atom. The van der Waals surface area contributed by atoms with Crippen molar-refractivity contribution in [2.75, 3.05) is 46.4 Å². The van der Waals surface area contributed by atoms with Crippen LogP contribution in [0.5, 0.6) is 0 Å². The maximum Gasteiger partial charge on any atom is 0.243 e. The largest absolute Gasteiger partial charge is 0.390 e. The highest BCUT2D eigenvalue weighted by atomic mass is 32.1. The average Bonchev–Trinajstić information content (AvgIpc) is 3.77. The fourth-order valence-electron chi connectivity index (χ4n) is 8.31. The SMILES string of the molecule is CN(Cc1ccccc1)C(=O)C[C@@H](Cc1cccc2ccccc12)C(=O)N[C@@H](Cc1cscn1)C(=O)N[C@@H](CC1CCCCC1)[C@@H](O)CC(=O)NCCN1CCOCC1. The quantitative estimate of drug-likeness (QED) is 0.0985. The normalized spacial score (nSPS) is 17.1. The van der Waals surface area contributed by atoms with Crippen molar-refractivity contribution < 1.29 is 29.0 Å². The lowest BCUT2D eigenvalue weighted by atomic mass is 9.83. The van der Waals surface area contributed by atoms with Gasteiger partial charge in [-0.1, -0.05) is 105 Å². The number of carbonyl (C=O) groups excluding carboxylic acids is 4. The summed E-state index contributed by atoms with van der Waals surface area (Å²) in [5.74, 6) is -1.84. The minimum Gasteiger partial charge on any atom is -0.390 e. The van der Waals surface area contributed by atoms with Crippen molar-refractivity contribution in [2.24, 2.45) is 11.8 Å². The zero-order valence-corrected chi connectivity index (χ0v) is 35.0. The topological polar surface area (TPSA) is 153 Å². The number of hydrogen-bond acceptors (Lipinski definition) is 9. The Morgan fingerprint density at radius 3 is 2.41 bits per heavy atom. The average molecular weight is 825 g/mol. The van der Waals surface area contributed by atoms with E-state index in [1.807, 2.05) is 78.2 Å². The van der Waals surface area contributed by atoms with Crippen molar-refractivity contribution in [3.8, 4) is 0 Å². The molecule has 3 aromatic carbocycles. The number of amides is 4. The summed E-state index contributed by atoms with van der Waals surface area (Å²) in [6.45, 7) is 4.53. The molecule has 2 fully saturated rings. The lowest BCUT2D eigenvalue weighted by Crippen LogP contribution is -2.55. The molecular formula is C46H60N6O6S. The molecular weight excluding hydrogens is 765 g/mol. The third kappa shape index (κ3) is 13.7. The molecule has 1 saturated carbocycles. The molecule has 1 aliphatic heterocycles. The lowest BCUT2D eigenvalue weighted by Gasteiger charge is -2.31. The molecule has 1 aromatic heterocycles. The number of thiazole rings is 1. The molecule has 4 amide bonds. The van der Waals surface area contributed by atoms with Gasteiger partial charge in [-0.15, -0.1) is 11.3 Å². The van der Waals surface area contributed by atoms with E-state index in [9.17, 15) is 24.3 Å². The Morgan fingerprint density at radius 1 is 0.898 bits per heavy atom. The van der Waals surface area contributed by atoms with Crippen LogP contribution in [-0.4, -0.2) is 108 Å². The maximum atomic E-state index is 14.5. The predicted octanol–water partition coefficient (Wildman–Crippen LogP) is 4.89. The summed E-state index contributed by atoms with van der Waals surface area (Å²) < 4.78 is 5.42. The Bertz CT molecular complexity index is 1930. The van der Waals surface area contributed by atoms with E-state index in [1.54, 1.807) is 17.5 Å². The molecule has 0 radical (unpaired) electrons. The molecule has 13 heteroatoms. The second kappa shape index (κ2) is 22.6. The molecule has 2 aliphatic rings. The molecule has 4 aromatic rings. The summed E-state index contributed by atoms with van der Waals surface area (Å²) in [7, 11) is 1.74. The molecule has 6 rings (SSSR count). The third-order valence-electron chi connectivity index (χ3n) is 11.7. The lowest BCUT2D eigenvalue weighted by molar-refractivity contribution is -0.137. The smallest absolute Gasteiger partial charge is 0.243 e. The number of rotatable bonds is 20. The van der Waals surface area contributed by atoms with Crippen molar-refractivity contribution >= 4 is 45.7 Å². The number of nitrogens with zero attached hydrogens (tertiary/aromatic N) is 3. The Kier molecular flexibility index (Phi) is 16.8. The van der Waals surface area contributed by atoms with Gasteiger partial charge in [0.2, 0.25) is 23.6 Å². The van der Waals surface area contributed by atoms with E-state index in [2.05, 4.69) is 25.8 Å². The second-order valence-electron chi connectivity index (χ2n) is 16.2. The van der Waals surface area contributed by atoms with Gasteiger partial charge < -0.3 is 30.7 Å². The Hall–Kier alpha value is -4.69. The molecule has 59 heavy (non-hydrogen) atoms. The number of fused-ring (bicyclic) bond motifs is 1. The van der Waals surface area contributed by atoms with Crippen LogP contribution in [0.4, 0.5) is 0 Å². The van der Waals surface area contributed by atoms with E-state index in [1.165, 1.54) is 11.3 Å². The van der Waals surface area contributed by atoms with Crippen molar-refractivity contribution in [2.45, 2.75) is 88.9 Å². The van der Waals surface area contributed by atoms with Crippen LogP contribution in [0, 0.1) is 11.8 Å². The molecule has 12 nitrogen and oxygen atoms in total. The van der Waals surface area contributed by atoms with Crippen LogP contribution in [0.1, 0.15) is 68.2 Å². The molecule has 1 aliphatic carbocycles. The van der Waals surface area contributed by atoms with Gasteiger partial charge in [-0.2, -0.15) is 0 Å². The third-order valence-corrected chi connectivity index (χ3v) is 12.3. The first-order valence-corrected chi connectivity index (χ1v) is 22.1. The van der Waals surface area contributed by atoms with Gasteiger partial charge in [-0.25, -0.2) is 4.98 Å². The first-order valence-electron chi connectivity index (χ1n) is 21.2. The summed E-state index contributed by atoms with van der Waals surface area (Å²) in [4.78, 5) is 64.2. The van der Waals surface area contributed by atoms with E-state index in [0.717, 1.165) is 67.1 Å². The number of morpholine rings is 1. The highest BCUT2D eigenvalue weighted by molar-refractivity contribution is 7.07. The van der Waals surface area contributed by atoms with Crippen LogP contribution in [0.2, 0.25) is 0 Å². The first kappa shape index (κ1) is 43.9. The maximum absolute atomic E-state index is 14.5. The van der Waals surface area contributed by atoms with E-state index in [4.69, 9.17) is 4.74 Å². The van der Waals surface area contributed by atoms with Crippen LogP contribution in [0.25, 0.3) is 10.8 Å². The van der Waals surface area contributed by atoms with E-state index in [-0.39, 0.29) is 37.5 Å². The van der Waals surface area contributed by atoms with Gasteiger partial charge in [0.15, 0.2) is 0 Å². The van der Waals surface area contributed by atoms with Gasteiger partial charge in [0.25, 0.3) is 0 Å². The van der Waals surface area contributed by atoms with Gasteiger partial charge in [-0.3, -0.25) is 24.1 Å². The Balaban J connectivity index is 1.19. The number of nitrogens with one attached hydrogen (secondary N) is 3. The fourth-order valence-corrected chi connectivity index (χ4v) is 8.88. The molecule has 0 bridgehead atoms. The number of benzene rings is 3. The number of carbonyl (C=O) groups is 4. The summed E-state index contributed by atoms with van der Waals surface area (Å²) in [5.41, 5.74) is 4.24.